The Morgan fingerprint density at radius 2 is 2.15 bits per heavy atom. The Hall–Kier alpha value is -1.62. The van der Waals surface area contributed by atoms with Gasteiger partial charge in [0.25, 0.3) is 0 Å². The summed E-state index contributed by atoms with van der Waals surface area (Å²) in [6.07, 6.45) is 0.957. The molecule has 1 rings (SSSR count). The molecule has 0 saturated carbocycles. The lowest BCUT2D eigenvalue weighted by atomic mass is 9.98. The average Bonchev–Trinajstić information content (AvgIpc) is 2.39. The number of hydrogen-bond acceptors (Lipinski definition) is 4. The third kappa shape index (κ3) is 4.81. The molecule has 0 aliphatic rings. The third-order valence-corrected chi connectivity index (χ3v) is 2.93. The highest BCUT2D eigenvalue weighted by Crippen LogP contribution is 2.19. The van der Waals surface area contributed by atoms with Gasteiger partial charge in [-0.1, -0.05) is 6.07 Å². The molecule has 0 saturated heterocycles. The van der Waals surface area contributed by atoms with Gasteiger partial charge in [0.1, 0.15) is 5.54 Å². The first-order chi connectivity index (χ1) is 9.36. The molecule has 0 radical (unpaired) electrons. The molecular weight excluding hydrogens is 261 g/mol. The van der Waals surface area contributed by atoms with Crippen LogP contribution in [0.3, 0.4) is 0 Å². The van der Waals surface area contributed by atoms with E-state index in [4.69, 9.17) is 15.2 Å². The highest BCUT2D eigenvalue weighted by molar-refractivity contribution is 5.79. The van der Waals surface area contributed by atoms with Crippen molar-refractivity contribution in [1.82, 2.24) is 0 Å². The van der Waals surface area contributed by atoms with Gasteiger partial charge in [-0.2, -0.15) is 0 Å². The molecular formula is C15H22FNO3. The summed E-state index contributed by atoms with van der Waals surface area (Å²) >= 11 is 0. The lowest BCUT2D eigenvalue weighted by Crippen LogP contribution is -2.46. The molecule has 0 heterocycles. The molecule has 1 atom stereocenters. The largest absolute Gasteiger partial charge is 0.491 e. The number of benzene rings is 1. The molecule has 0 spiro atoms. The molecule has 0 aliphatic heterocycles. The van der Waals surface area contributed by atoms with E-state index < -0.39 is 17.3 Å². The summed E-state index contributed by atoms with van der Waals surface area (Å²) in [5.74, 6) is -0.599. The van der Waals surface area contributed by atoms with Crippen LogP contribution in [0.5, 0.6) is 5.75 Å². The number of carbonyl (C=O) groups is 1. The number of rotatable bonds is 7. The minimum Gasteiger partial charge on any atom is -0.491 e. The van der Waals surface area contributed by atoms with E-state index in [2.05, 4.69) is 0 Å². The summed E-state index contributed by atoms with van der Waals surface area (Å²) in [6.45, 7) is 5.82. The fourth-order valence-electron chi connectivity index (χ4n) is 1.74. The van der Waals surface area contributed by atoms with E-state index in [1.165, 1.54) is 6.07 Å². The highest BCUT2D eigenvalue weighted by Gasteiger charge is 2.29. The van der Waals surface area contributed by atoms with Gasteiger partial charge >= 0.3 is 5.97 Å². The van der Waals surface area contributed by atoms with Crippen molar-refractivity contribution in [2.45, 2.75) is 39.2 Å². The molecule has 0 aromatic heterocycles. The first kappa shape index (κ1) is 16.4. The maximum Gasteiger partial charge on any atom is 0.325 e. The van der Waals surface area contributed by atoms with Crippen molar-refractivity contribution >= 4 is 5.97 Å². The van der Waals surface area contributed by atoms with Gasteiger partial charge < -0.3 is 15.2 Å². The molecule has 1 aromatic carbocycles. The minimum absolute atomic E-state index is 0.222. The Kier molecular flexibility index (Phi) is 5.95. The molecule has 0 fully saturated rings. The van der Waals surface area contributed by atoms with Crippen LogP contribution in [0, 0.1) is 12.7 Å². The van der Waals surface area contributed by atoms with Crippen molar-refractivity contribution in [3.05, 3.63) is 29.6 Å². The Bertz CT molecular complexity index is 460. The van der Waals surface area contributed by atoms with Crippen molar-refractivity contribution in [3.8, 4) is 5.75 Å². The predicted molar refractivity (Wildman–Crippen MR) is 75.1 cm³/mol. The fraction of sp³-hybridized carbons (Fsp3) is 0.533. The molecule has 1 unspecified atom stereocenters. The van der Waals surface area contributed by atoms with Crippen LogP contribution in [0.15, 0.2) is 18.2 Å². The third-order valence-electron chi connectivity index (χ3n) is 2.93. The fourth-order valence-corrected chi connectivity index (χ4v) is 1.74. The maximum absolute atomic E-state index is 13.4. The molecule has 5 heteroatoms. The van der Waals surface area contributed by atoms with E-state index in [0.717, 1.165) is 5.56 Å². The van der Waals surface area contributed by atoms with Gasteiger partial charge in [0.05, 0.1) is 13.2 Å². The summed E-state index contributed by atoms with van der Waals surface area (Å²) in [7, 11) is 0. The minimum atomic E-state index is -1.04. The molecule has 20 heavy (non-hydrogen) atoms. The normalized spacial score (nSPS) is 13.7. The smallest absolute Gasteiger partial charge is 0.325 e. The Morgan fingerprint density at radius 1 is 1.45 bits per heavy atom. The zero-order valence-electron chi connectivity index (χ0n) is 12.2. The van der Waals surface area contributed by atoms with Gasteiger partial charge in [0, 0.05) is 0 Å². The molecule has 4 nitrogen and oxygen atoms in total. The first-order valence-corrected chi connectivity index (χ1v) is 6.72. The Labute approximate surface area is 119 Å². The molecule has 2 N–H and O–H groups in total. The number of carbonyl (C=O) groups excluding carboxylic acids is 1. The van der Waals surface area contributed by atoms with Crippen molar-refractivity contribution in [1.29, 1.82) is 0 Å². The molecule has 0 aliphatic carbocycles. The molecule has 0 bridgehead atoms. The molecule has 1 aromatic rings. The van der Waals surface area contributed by atoms with Crippen molar-refractivity contribution in [2.75, 3.05) is 13.2 Å². The van der Waals surface area contributed by atoms with Crippen LogP contribution in [-0.4, -0.2) is 24.7 Å². The summed E-state index contributed by atoms with van der Waals surface area (Å²) in [6, 6.07) is 4.69. The Balaban J connectivity index is 2.41. The van der Waals surface area contributed by atoms with E-state index in [1.807, 2.05) is 6.92 Å². The zero-order chi connectivity index (χ0) is 15.2. The number of esters is 1. The van der Waals surface area contributed by atoms with Crippen molar-refractivity contribution < 1.29 is 18.7 Å². The van der Waals surface area contributed by atoms with Gasteiger partial charge in [0.2, 0.25) is 0 Å². The second-order valence-electron chi connectivity index (χ2n) is 5.02. The van der Waals surface area contributed by atoms with E-state index >= 15 is 0 Å². The van der Waals surface area contributed by atoms with Gasteiger partial charge in [-0.3, -0.25) is 4.79 Å². The zero-order valence-corrected chi connectivity index (χ0v) is 12.2. The summed E-state index contributed by atoms with van der Waals surface area (Å²) in [5.41, 5.74) is 5.77. The molecule has 0 amide bonds. The second kappa shape index (κ2) is 7.24. The van der Waals surface area contributed by atoms with E-state index in [9.17, 15) is 9.18 Å². The van der Waals surface area contributed by atoms with Gasteiger partial charge in [-0.25, -0.2) is 4.39 Å². The maximum atomic E-state index is 13.4. The van der Waals surface area contributed by atoms with E-state index in [0.29, 0.717) is 26.1 Å². The van der Waals surface area contributed by atoms with Crippen LogP contribution in [-0.2, 0) is 9.53 Å². The lowest BCUT2D eigenvalue weighted by molar-refractivity contribution is -0.149. The summed E-state index contributed by atoms with van der Waals surface area (Å²) in [4.78, 5) is 11.6. The summed E-state index contributed by atoms with van der Waals surface area (Å²) in [5, 5.41) is 0. The predicted octanol–water partition coefficient (Wildman–Crippen LogP) is 2.57. The summed E-state index contributed by atoms with van der Waals surface area (Å²) < 4.78 is 23.7. The van der Waals surface area contributed by atoms with Crippen LogP contribution in [0.25, 0.3) is 0 Å². The highest BCUT2D eigenvalue weighted by atomic mass is 19.1. The number of aryl methyl sites for hydroxylation is 1. The topological polar surface area (TPSA) is 61.5 Å². The van der Waals surface area contributed by atoms with Crippen LogP contribution >= 0.6 is 0 Å². The van der Waals surface area contributed by atoms with Crippen LogP contribution in [0.2, 0.25) is 0 Å². The van der Waals surface area contributed by atoms with Gasteiger partial charge in [-0.05, 0) is 51.3 Å². The van der Waals surface area contributed by atoms with E-state index in [1.54, 1.807) is 26.0 Å². The quantitative estimate of drug-likeness (QED) is 0.617. The van der Waals surface area contributed by atoms with Crippen molar-refractivity contribution in [3.63, 3.8) is 0 Å². The monoisotopic (exact) mass is 283 g/mol. The van der Waals surface area contributed by atoms with Crippen LogP contribution in [0.4, 0.5) is 4.39 Å². The number of ether oxygens (including phenoxy) is 2. The van der Waals surface area contributed by atoms with Crippen LogP contribution in [0.1, 0.15) is 32.3 Å². The Morgan fingerprint density at radius 3 is 2.80 bits per heavy atom. The number of hydrogen-bond donors (Lipinski definition) is 1. The van der Waals surface area contributed by atoms with Crippen molar-refractivity contribution in [2.24, 2.45) is 5.73 Å². The first-order valence-electron chi connectivity index (χ1n) is 6.72. The number of halogens is 1. The SMILES string of the molecule is CCOC(=O)C(C)(N)CCCOc1cc(C)ccc1F. The van der Waals surface area contributed by atoms with Crippen LogP contribution < -0.4 is 10.5 Å². The van der Waals surface area contributed by atoms with Gasteiger partial charge in [-0.15, -0.1) is 0 Å². The number of nitrogens with two attached hydrogens (primary N) is 1. The standard InChI is InChI=1S/C15H22FNO3/c1-4-19-14(18)15(3,17)8-5-9-20-13-10-11(2)6-7-12(13)16/h6-7,10H,4-5,8-9,17H2,1-3H3. The van der Waals surface area contributed by atoms with Gasteiger partial charge in [0.15, 0.2) is 11.6 Å². The van der Waals surface area contributed by atoms with E-state index in [-0.39, 0.29) is 5.75 Å². The second-order valence-corrected chi connectivity index (χ2v) is 5.02. The average molecular weight is 283 g/mol. The molecule has 112 valence electrons. The lowest BCUT2D eigenvalue weighted by Gasteiger charge is -2.22.